The van der Waals surface area contributed by atoms with Crippen LogP contribution in [-0.2, 0) is 9.47 Å². The monoisotopic (exact) mass is 855 g/mol. The van der Waals surface area contributed by atoms with Crippen molar-refractivity contribution in [3.8, 4) is 29.0 Å². The fraction of sp³-hybridized carbons (Fsp3) is 0.523. The molecule has 5 aromatic rings. The minimum absolute atomic E-state index is 0.00511. The van der Waals surface area contributed by atoms with Gasteiger partial charge >= 0.3 is 18.2 Å². The Bertz CT molecular complexity index is 2670. The van der Waals surface area contributed by atoms with Gasteiger partial charge in [-0.15, -0.1) is 11.3 Å². The minimum Gasteiger partial charge on any atom is -0.489 e. The normalized spacial score (nSPS) is 22.1. The molecule has 5 aliphatic heterocycles. The van der Waals surface area contributed by atoms with Gasteiger partial charge in [-0.1, -0.05) is 23.7 Å². The predicted octanol–water partition coefficient (Wildman–Crippen LogP) is 9.27. The Hall–Kier alpha value is -4.91. The summed E-state index contributed by atoms with van der Waals surface area (Å²) in [5.41, 5.74) is -0.881. The number of anilines is 1. The second-order valence-electron chi connectivity index (χ2n) is 18.8. The van der Waals surface area contributed by atoms with Crippen LogP contribution in [0, 0.1) is 17.1 Å². The third kappa shape index (κ3) is 6.15. The van der Waals surface area contributed by atoms with Crippen molar-refractivity contribution in [3.63, 3.8) is 0 Å². The predicted molar refractivity (Wildman–Crippen MR) is 227 cm³/mol. The van der Waals surface area contributed by atoms with Crippen LogP contribution in [0.3, 0.4) is 0 Å². The maximum absolute atomic E-state index is 17.9. The Morgan fingerprint density at radius 3 is 2.47 bits per heavy atom. The van der Waals surface area contributed by atoms with E-state index < -0.39 is 23.1 Å². The van der Waals surface area contributed by atoms with Crippen molar-refractivity contribution in [1.82, 2.24) is 24.3 Å². The first kappa shape index (κ1) is 39.2. The summed E-state index contributed by atoms with van der Waals surface area (Å²) >= 11 is 8.70. The molecule has 3 atom stereocenters. The third-order valence-electron chi connectivity index (χ3n) is 12.7. The average Bonchev–Trinajstić information content (AvgIpc) is 3.97. The molecule has 0 aliphatic carbocycles. The van der Waals surface area contributed by atoms with E-state index in [0.29, 0.717) is 50.2 Å². The SMILES string of the molecule is CC(C)(C)OC(=O)N1C2CCC1[C@H]1COc3c(Cl)c(-c4cccc5sc6c(c(C#N)cn6C(=O)OC(C)(C)C)c45)c(F)c4nc(OCC56CCCN5CCC6)nc(c34)N1C2. The first-order valence-corrected chi connectivity index (χ1v) is 22.0. The van der Waals surface area contributed by atoms with Crippen LogP contribution in [0.1, 0.15) is 85.6 Å². The summed E-state index contributed by atoms with van der Waals surface area (Å²) in [6.45, 7) is 13.9. The number of hydrogen-bond acceptors (Lipinski definition) is 12. The molecule has 314 valence electrons. The van der Waals surface area contributed by atoms with Crippen LogP contribution in [0.25, 0.3) is 42.3 Å². The van der Waals surface area contributed by atoms with Crippen molar-refractivity contribution in [2.24, 2.45) is 0 Å². The van der Waals surface area contributed by atoms with Gasteiger partial charge in [0.15, 0.2) is 11.6 Å². The number of nitriles is 1. The van der Waals surface area contributed by atoms with Crippen LogP contribution in [0.15, 0.2) is 24.4 Å². The number of carbonyl (C=O) groups excluding carboxylic acids is 2. The summed E-state index contributed by atoms with van der Waals surface area (Å²) in [6.07, 6.45) is 6.17. The summed E-state index contributed by atoms with van der Waals surface area (Å²) in [7, 11) is 0. The van der Waals surface area contributed by atoms with Crippen LogP contribution in [0.2, 0.25) is 5.02 Å². The van der Waals surface area contributed by atoms with Crippen LogP contribution >= 0.6 is 22.9 Å². The van der Waals surface area contributed by atoms with E-state index in [9.17, 15) is 14.9 Å². The fourth-order valence-corrected chi connectivity index (χ4v) is 11.9. The molecule has 2 unspecified atom stereocenters. The molecule has 0 N–H and O–H groups in total. The largest absolute Gasteiger partial charge is 0.489 e. The van der Waals surface area contributed by atoms with Gasteiger partial charge in [-0.2, -0.15) is 15.2 Å². The molecule has 5 aliphatic rings. The highest BCUT2D eigenvalue weighted by Gasteiger charge is 2.52. The van der Waals surface area contributed by atoms with Gasteiger partial charge in [0.2, 0.25) is 0 Å². The maximum atomic E-state index is 17.9. The van der Waals surface area contributed by atoms with Crippen LogP contribution in [0.4, 0.5) is 19.8 Å². The number of hydrogen-bond donors (Lipinski definition) is 0. The molecule has 60 heavy (non-hydrogen) atoms. The zero-order valence-electron chi connectivity index (χ0n) is 34.6. The van der Waals surface area contributed by atoms with Gasteiger partial charge in [0.05, 0.1) is 39.6 Å². The standard InChI is InChI=1S/C44H47ClFN7O6S/c1-42(2,3)58-40(54)52-19-23(18-47)29-30-25(10-7-11-28(30)60-38(29)52)31-33(45)36-32-35(34(31)46)48-39(57-22-44-14-8-16-50(44)17-9-15-44)49-37(32)51-20-24-12-13-26(27(51)21-56-36)53(24)41(55)59-43(4,5)6/h7,10-11,19,24,26-27H,8-9,12-17,20-22H2,1-6H3/t24?,26?,27-/m1/s1. The van der Waals surface area contributed by atoms with Crippen LogP contribution in [0.5, 0.6) is 11.8 Å². The Balaban J connectivity index is 1.15. The Morgan fingerprint density at radius 1 is 1.02 bits per heavy atom. The molecule has 2 aromatic carbocycles. The second-order valence-corrected chi connectivity index (χ2v) is 20.2. The molecule has 16 heteroatoms. The van der Waals surface area contributed by atoms with E-state index in [0.717, 1.165) is 51.6 Å². The van der Waals surface area contributed by atoms with Crippen molar-refractivity contribution >= 4 is 72.1 Å². The maximum Gasteiger partial charge on any atom is 0.419 e. The number of piperazine rings is 1. The first-order valence-electron chi connectivity index (χ1n) is 20.8. The molecule has 13 nitrogen and oxygen atoms in total. The third-order valence-corrected chi connectivity index (χ3v) is 14.2. The van der Waals surface area contributed by atoms with E-state index in [2.05, 4.69) is 15.9 Å². The molecule has 1 amide bonds. The lowest BCUT2D eigenvalue weighted by molar-refractivity contribution is 0.00542. The van der Waals surface area contributed by atoms with Gasteiger partial charge in [0.25, 0.3) is 0 Å². The molecule has 4 saturated heterocycles. The van der Waals surface area contributed by atoms with Crippen molar-refractivity contribution in [2.45, 2.75) is 115 Å². The summed E-state index contributed by atoms with van der Waals surface area (Å²) < 4.78 is 44.8. The van der Waals surface area contributed by atoms with Gasteiger partial charge in [-0.3, -0.25) is 9.80 Å². The highest BCUT2D eigenvalue weighted by molar-refractivity contribution is 7.25. The molecule has 4 fully saturated rings. The fourth-order valence-electron chi connectivity index (χ4n) is 10.3. The first-order chi connectivity index (χ1) is 28.6. The number of thiophene rings is 1. The smallest absolute Gasteiger partial charge is 0.419 e. The van der Waals surface area contributed by atoms with Gasteiger partial charge in [0, 0.05) is 33.8 Å². The number of ether oxygens (including phenoxy) is 4. The topological polar surface area (TPSA) is 135 Å². The Labute approximate surface area is 355 Å². The number of nitrogens with zero attached hydrogens (tertiary/aromatic N) is 7. The summed E-state index contributed by atoms with van der Waals surface area (Å²) in [5.74, 6) is -0.0152. The van der Waals surface area contributed by atoms with Gasteiger partial charge in [-0.25, -0.2) is 18.5 Å². The van der Waals surface area contributed by atoms with Crippen molar-refractivity contribution in [2.75, 3.05) is 37.7 Å². The summed E-state index contributed by atoms with van der Waals surface area (Å²) in [6, 6.07) is 6.94. The number of aromatic nitrogens is 3. The summed E-state index contributed by atoms with van der Waals surface area (Å²) in [4.78, 5) is 44.0. The van der Waals surface area contributed by atoms with Crippen LogP contribution < -0.4 is 14.4 Å². The van der Waals surface area contributed by atoms with E-state index >= 15 is 4.39 Å². The van der Waals surface area contributed by atoms with E-state index in [1.807, 2.05) is 31.7 Å². The minimum atomic E-state index is -0.775. The average molecular weight is 856 g/mol. The summed E-state index contributed by atoms with van der Waals surface area (Å²) in [5, 5.41) is 11.8. The molecule has 0 radical (unpaired) electrons. The molecular weight excluding hydrogens is 809 g/mol. The zero-order chi connectivity index (χ0) is 42.0. The molecule has 8 heterocycles. The number of amides is 1. The van der Waals surface area contributed by atoms with Gasteiger partial charge in [-0.05, 0) is 105 Å². The number of benzene rings is 2. The highest BCUT2D eigenvalue weighted by Crippen LogP contribution is 2.53. The lowest BCUT2D eigenvalue weighted by Gasteiger charge is -2.46. The molecular formula is C44H47ClFN7O6S. The number of carbonyl (C=O) groups is 2. The molecule has 0 saturated carbocycles. The lowest BCUT2D eigenvalue weighted by Crippen LogP contribution is -2.63. The molecule has 3 aromatic heterocycles. The lowest BCUT2D eigenvalue weighted by atomic mass is 9.95. The quantitative estimate of drug-likeness (QED) is 0.171. The number of halogens is 2. The number of rotatable bonds is 4. The van der Waals surface area contributed by atoms with E-state index in [1.54, 1.807) is 32.9 Å². The zero-order valence-corrected chi connectivity index (χ0v) is 36.1. The molecule has 2 bridgehead atoms. The van der Waals surface area contributed by atoms with E-state index in [1.165, 1.54) is 22.1 Å². The highest BCUT2D eigenvalue weighted by atomic mass is 35.5. The van der Waals surface area contributed by atoms with Crippen molar-refractivity contribution < 1.29 is 32.9 Å². The van der Waals surface area contributed by atoms with E-state index in [4.69, 9.17) is 40.5 Å². The van der Waals surface area contributed by atoms with Crippen molar-refractivity contribution in [1.29, 1.82) is 5.26 Å². The Morgan fingerprint density at radius 2 is 1.75 bits per heavy atom. The molecule has 0 spiro atoms. The number of fused-ring (bicyclic) bond motifs is 9. The van der Waals surface area contributed by atoms with Crippen LogP contribution in [-0.4, -0.2) is 104 Å². The van der Waals surface area contributed by atoms with Gasteiger partial charge in [0.1, 0.15) is 46.7 Å². The Kier molecular flexibility index (Phi) is 9.03. The molecule has 10 rings (SSSR count). The van der Waals surface area contributed by atoms with Gasteiger partial charge < -0.3 is 23.8 Å². The second kappa shape index (κ2) is 13.8. The van der Waals surface area contributed by atoms with E-state index in [-0.39, 0.29) is 69.8 Å². The van der Waals surface area contributed by atoms with Crippen molar-refractivity contribution in [3.05, 3.63) is 40.8 Å².